The minimum atomic E-state index is 0.333. The van der Waals surface area contributed by atoms with Crippen molar-refractivity contribution in [3.8, 4) is 0 Å². The molecule has 0 radical (unpaired) electrons. The van der Waals surface area contributed by atoms with Gasteiger partial charge in [-0.2, -0.15) is 0 Å². The number of pyridine rings is 1. The number of aromatic nitrogens is 1. The number of aryl methyl sites for hydroxylation is 1. The number of rotatable bonds is 5. The Labute approximate surface area is 122 Å². The second-order valence-electron chi connectivity index (χ2n) is 5.75. The van der Waals surface area contributed by atoms with Gasteiger partial charge >= 0.3 is 0 Å². The molecule has 0 saturated heterocycles. The summed E-state index contributed by atoms with van der Waals surface area (Å²) in [7, 11) is 0. The highest BCUT2D eigenvalue weighted by atomic mass is 14.9. The Balaban J connectivity index is 1.94. The molecule has 2 rings (SSSR count). The van der Waals surface area contributed by atoms with E-state index in [0.717, 1.165) is 12.2 Å². The summed E-state index contributed by atoms with van der Waals surface area (Å²) in [6.07, 6.45) is 1.92. The van der Waals surface area contributed by atoms with Crippen molar-refractivity contribution in [2.75, 3.05) is 0 Å². The van der Waals surface area contributed by atoms with E-state index < -0.39 is 0 Å². The molecule has 1 heterocycles. The van der Waals surface area contributed by atoms with Gasteiger partial charge < -0.3 is 5.32 Å². The van der Waals surface area contributed by atoms with Crippen LogP contribution in [0.3, 0.4) is 0 Å². The van der Waals surface area contributed by atoms with Crippen molar-refractivity contribution in [1.29, 1.82) is 0 Å². The Hall–Kier alpha value is -1.67. The van der Waals surface area contributed by atoms with Crippen molar-refractivity contribution >= 4 is 0 Å². The number of hydrogen-bond acceptors (Lipinski definition) is 2. The topological polar surface area (TPSA) is 24.9 Å². The molecule has 0 saturated carbocycles. The molecule has 1 aromatic carbocycles. The quantitative estimate of drug-likeness (QED) is 0.871. The van der Waals surface area contributed by atoms with Crippen LogP contribution >= 0.6 is 0 Å². The van der Waals surface area contributed by atoms with Crippen LogP contribution in [0.4, 0.5) is 0 Å². The molecule has 0 aliphatic rings. The van der Waals surface area contributed by atoms with E-state index in [9.17, 15) is 0 Å². The third kappa shape index (κ3) is 3.91. The molecule has 0 spiro atoms. The van der Waals surface area contributed by atoms with E-state index in [2.05, 4.69) is 74.4 Å². The average molecular weight is 268 g/mol. The molecule has 106 valence electrons. The van der Waals surface area contributed by atoms with Gasteiger partial charge in [-0.1, -0.05) is 44.2 Å². The first-order valence-electron chi connectivity index (χ1n) is 7.31. The predicted molar refractivity (Wildman–Crippen MR) is 84.8 cm³/mol. The van der Waals surface area contributed by atoms with E-state index in [4.69, 9.17) is 0 Å². The van der Waals surface area contributed by atoms with Gasteiger partial charge in [0.25, 0.3) is 0 Å². The van der Waals surface area contributed by atoms with Gasteiger partial charge in [0, 0.05) is 18.8 Å². The van der Waals surface area contributed by atoms with E-state index in [0.29, 0.717) is 12.0 Å². The molecule has 1 atom stereocenters. The fourth-order valence-electron chi connectivity index (χ4n) is 2.15. The van der Waals surface area contributed by atoms with E-state index in [1.54, 1.807) is 0 Å². The van der Waals surface area contributed by atoms with Gasteiger partial charge in [0.2, 0.25) is 0 Å². The van der Waals surface area contributed by atoms with Crippen molar-refractivity contribution < 1.29 is 0 Å². The van der Waals surface area contributed by atoms with Crippen LogP contribution in [0.2, 0.25) is 0 Å². The highest BCUT2D eigenvalue weighted by molar-refractivity contribution is 5.26. The summed E-state index contributed by atoms with van der Waals surface area (Å²) < 4.78 is 0. The first kappa shape index (κ1) is 14.7. The van der Waals surface area contributed by atoms with Crippen LogP contribution in [0.15, 0.2) is 42.6 Å². The lowest BCUT2D eigenvalue weighted by molar-refractivity contribution is 0.567. The van der Waals surface area contributed by atoms with Crippen LogP contribution in [-0.4, -0.2) is 4.98 Å². The van der Waals surface area contributed by atoms with Crippen molar-refractivity contribution in [1.82, 2.24) is 10.3 Å². The van der Waals surface area contributed by atoms with Crippen molar-refractivity contribution in [2.24, 2.45) is 0 Å². The van der Waals surface area contributed by atoms with Crippen LogP contribution in [0.1, 0.15) is 55.1 Å². The normalized spacial score (nSPS) is 12.7. The zero-order chi connectivity index (χ0) is 14.5. The maximum Gasteiger partial charge on any atom is 0.0542 e. The van der Waals surface area contributed by atoms with Gasteiger partial charge in [0.15, 0.2) is 0 Å². The fraction of sp³-hybridized carbons (Fsp3) is 0.389. The molecule has 1 unspecified atom stereocenters. The molecular weight excluding hydrogens is 244 g/mol. The summed E-state index contributed by atoms with van der Waals surface area (Å²) in [6.45, 7) is 9.49. The van der Waals surface area contributed by atoms with Crippen molar-refractivity contribution in [3.05, 3.63) is 65.0 Å². The summed E-state index contributed by atoms with van der Waals surface area (Å²) >= 11 is 0. The third-order valence-corrected chi connectivity index (χ3v) is 3.67. The second kappa shape index (κ2) is 6.67. The van der Waals surface area contributed by atoms with Crippen LogP contribution in [-0.2, 0) is 6.54 Å². The van der Waals surface area contributed by atoms with E-state index in [-0.39, 0.29) is 0 Å². The Kier molecular flexibility index (Phi) is 4.91. The highest BCUT2D eigenvalue weighted by Crippen LogP contribution is 2.18. The lowest BCUT2D eigenvalue weighted by Gasteiger charge is -2.15. The van der Waals surface area contributed by atoms with Crippen LogP contribution in [0.5, 0.6) is 0 Å². The Morgan fingerprint density at radius 3 is 2.15 bits per heavy atom. The minimum absolute atomic E-state index is 0.333. The Morgan fingerprint density at radius 1 is 0.950 bits per heavy atom. The molecular formula is C18H24N2. The molecule has 2 nitrogen and oxygen atoms in total. The fourth-order valence-corrected chi connectivity index (χ4v) is 2.15. The monoisotopic (exact) mass is 268 g/mol. The summed E-state index contributed by atoms with van der Waals surface area (Å²) in [5.41, 5.74) is 5.00. The smallest absolute Gasteiger partial charge is 0.0542 e. The molecule has 1 N–H and O–H groups in total. The molecule has 0 fully saturated rings. The average Bonchev–Trinajstić information content (AvgIpc) is 2.46. The summed E-state index contributed by atoms with van der Waals surface area (Å²) in [5.74, 6) is 0.587. The van der Waals surface area contributed by atoms with Crippen molar-refractivity contribution in [3.63, 3.8) is 0 Å². The molecule has 1 aromatic heterocycles. The predicted octanol–water partition coefficient (Wildman–Crippen LogP) is 4.36. The van der Waals surface area contributed by atoms with Crippen LogP contribution in [0, 0.1) is 6.92 Å². The van der Waals surface area contributed by atoms with Gasteiger partial charge in [-0.05, 0) is 42.5 Å². The third-order valence-electron chi connectivity index (χ3n) is 3.67. The van der Waals surface area contributed by atoms with E-state index in [1.165, 1.54) is 16.7 Å². The number of nitrogens with one attached hydrogen (secondary N) is 1. The second-order valence-corrected chi connectivity index (χ2v) is 5.75. The zero-order valence-electron chi connectivity index (χ0n) is 12.9. The minimum Gasteiger partial charge on any atom is -0.305 e. The van der Waals surface area contributed by atoms with Crippen molar-refractivity contribution in [2.45, 2.75) is 46.2 Å². The molecule has 2 heteroatoms. The lowest BCUT2D eigenvalue weighted by Crippen LogP contribution is -2.18. The first-order chi connectivity index (χ1) is 9.56. The van der Waals surface area contributed by atoms with Gasteiger partial charge in [0.1, 0.15) is 0 Å². The summed E-state index contributed by atoms with van der Waals surface area (Å²) in [6, 6.07) is 13.4. The Bertz CT molecular complexity index is 526. The molecule has 0 aliphatic carbocycles. The summed E-state index contributed by atoms with van der Waals surface area (Å²) in [4.78, 5) is 4.42. The zero-order valence-corrected chi connectivity index (χ0v) is 12.9. The molecule has 0 aliphatic heterocycles. The largest absolute Gasteiger partial charge is 0.305 e. The van der Waals surface area contributed by atoms with Crippen LogP contribution in [0.25, 0.3) is 0 Å². The SMILES string of the molecule is Cc1ccc(CNC(C)c2ccc(C(C)C)cc2)nc1. The van der Waals surface area contributed by atoms with Gasteiger partial charge in [-0.3, -0.25) is 4.98 Å². The van der Waals surface area contributed by atoms with Crippen LogP contribution < -0.4 is 5.32 Å². The number of benzene rings is 1. The molecule has 0 bridgehead atoms. The molecule has 0 amide bonds. The maximum atomic E-state index is 4.42. The highest BCUT2D eigenvalue weighted by Gasteiger charge is 2.06. The molecule has 2 aromatic rings. The van der Waals surface area contributed by atoms with Gasteiger partial charge in [0.05, 0.1) is 5.69 Å². The number of hydrogen-bond donors (Lipinski definition) is 1. The first-order valence-corrected chi connectivity index (χ1v) is 7.31. The van der Waals surface area contributed by atoms with Gasteiger partial charge in [-0.15, -0.1) is 0 Å². The molecule has 20 heavy (non-hydrogen) atoms. The van der Waals surface area contributed by atoms with Gasteiger partial charge in [-0.25, -0.2) is 0 Å². The standard InChI is InChI=1S/C18H24N2/c1-13(2)16-6-8-17(9-7-16)15(4)19-12-18-10-5-14(3)11-20-18/h5-11,13,15,19H,12H2,1-4H3. The van der Waals surface area contributed by atoms with E-state index in [1.807, 2.05) is 6.20 Å². The Morgan fingerprint density at radius 2 is 1.60 bits per heavy atom. The lowest BCUT2D eigenvalue weighted by atomic mass is 9.99. The number of nitrogens with zero attached hydrogens (tertiary/aromatic N) is 1. The maximum absolute atomic E-state index is 4.42. The van der Waals surface area contributed by atoms with E-state index >= 15 is 0 Å². The summed E-state index contributed by atoms with van der Waals surface area (Å²) in [5, 5.41) is 3.52.